The van der Waals surface area contributed by atoms with Crippen LogP contribution in [0, 0.1) is 0 Å². The predicted octanol–water partition coefficient (Wildman–Crippen LogP) is 2.09. The molecule has 2 aromatic rings. The van der Waals surface area contributed by atoms with Gasteiger partial charge in [-0.15, -0.1) is 0 Å². The molecular formula is C15H15NO3. The molecule has 0 fully saturated rings. The van der Waals surface area contributed by atoms with E-state index in [0.717, 1.165) is 0 Å². The van der Waals surface area contributed by atoms with Crippen LogP contribution in [-0.4, -0.2) is 17.6 Å². The van der Waals surface area contributed by atoms with Crippen LogP contribution in [0.15, 0.2) is 54.6 Å². The number of ether oxygens (including phenoxy) is 1. The Labute approximate surface area is 111 Å². The van der Waals surface area contributed by atoms with E-state index in [4.69, 9.17) is 4.74 Å². The van der Waals surface area contributed by atoms with Crippen LogP contribution in [0.2, 0.25) is 0 Å². The first kappa shape index (κ1) is 13.0. The zero-order valence-corrected chi connectivity index (χ0v) is 10.4. The van der Waals surface area contributed by atoms with E-state index in [-0.39, 0.29) is 24.8 Å². The molecule has 0 heterocycles. The van der Waals surface area contributed by atoms with Crippen molar-refractivity contribution in [2.75, 3.05) is 6.61 Å². The second-order valence-corrected chi connectivity index (χ2v) is 4.01. The number of amides is 1. The van der Waals surface area contributed by atoms with Crippen molar-refractivity contribution < 1.29 is 14.6 Å². The summed E-state index contributed by atoms with van der Waals surface area (Å²) in [6.07, 6.45) is 0. The van der Waals surface area contributed by atoms with Crippen molar-refractivity contribution in [1.29, 1.82) is 0 Å². The van der Waals surface area contributed by atoms with E-state index in [9.17, 15) is 9.90 Å². The third-order valence-corrected chi connectivity index (χ3v) is 2.58. The minimum absolute atomic E-state index is 0.0440. The average molecular weight is 257 g/mol. The van der Waals surface area contributed by atoms with Crippen LogP contribution >= 0.6 is 0 Å². The minimum Gasteiger partial charge on any atom is -0.508 e. The van der Waals surface area contributed by atoms with Gasteiger partial charge in [-0.2, -0.15) is 0 Å². The van der Waals surface area contributed by atoms with Crippen LogP contribution in [-0.2, 0) is 11.3 Å². The van der Waals surface area contributed by atoms with Crippen molar-refractivity contribution in [2.45, 2.75) is 6.54 Å². The number of hydrogen-bond donors (Lipinski definition) is 2. The van der Waals surface area contributed by atoms with E-state index in [1.165, 1.54) is 0 Å². The number of benzene rings is 2. The van der Waals surface area contributed by atoms with E-state index < -0.39 is 0 Å². The maximum absolute atomic E-state index is 11.6. The zero-order chi connectivity index (χ0) is 13.5. The van der Waals surface area contributed by atoms with Crippen molar-refractivity contribution in [1.82, 2.24) is 5.32 Å². The molecule has 0 saturated heterocycles. The number of nitrogens with one attached hydrogen (secondary N) is 1. The molecule has 0 aliphatic heterocycles. The predicted molar refractivity (Wildman–Crippen MR) is 71.9 cm³/mol. The fraction of sp³-hybridized carbons (Fsp3) is 0.133. The van der Waals surface area contributed by atoms with Crippen molar-refractivity contribution in [2.24, 2.45) is 0 Å². The van der Waals surface area contributed by atoms with Crippen LogP contribution in [0.4, 0.5) is 0 Å². The standard InChI is InChI=1S/C15H15NO3/c17-14-9-5-4-6-12(14)10-16-15(18)11-19-13-7-2-1-3-8-13/h1-9,17H,10-11H2,(H,16,18). The molecule has 0 unspecified atom stereocenters. The van der Waals surface area contributed by atoms with Crippen molar-refractivity contribution in [3.63, 3.8) is 0 Å². The van der Waals surface area contributed by atoms with Crippen LogP contribution < -0.4 is 10.1 Å². The lowest BCUT2D eigenvalue weighted by molar-refractivity contribution is -0.123. The molecule has 98 valence electrons. The highest BCUT2D eigenvalue weighted by atomic mass is 16.5. The second kappa shape index (κ2) is 6.44. The minimum atomic E-state index is -0.230. The van der Waals surface area contributed by atoms with Gasteiger partial charge in [-0.05, 0) is 18.2 Å². The van der Waals surface area contributed by atoms with Crippen molar-refractivity contribution in [3.05, 3.63) is 60.2 Å². The van der Waals surface area contributed by atoms with Gasteiger partial charge in [0.25, 0.3) is 5.91 Å². The van der Waals surface area contributed by atoms with E-state index in [1.54, 1.807) is 30.3 Å². The van der Waals surface area contributed by atoms with Gasteiger partial charge in [0.2, 0.25) is 0 Å². The van der Waals surface area contributed by atoms with Gasteiger partial charge in [0, 0.05) is 12.1 Å². The molecule has 1 amide bonds. The Morgan fingerprint density at radius 1 is 1.05 bits per heavy atom. The van der Waals surface area contributed by atoms with Gasteiger partial charge in [-0.3, -0.25) is 4.79 Å². The van der Waals surface area contributed by atoms with E-state index in [2.05, 4.69) is 5.32 Å². The third kappa shape index (κ3) is 4.03. The fourth-order valence-electron chi connectivity index (χ4n) is 1.57. The van der Waals surface area contributed by atoms with Gasteiger partial charge in [-0.1, -0.05) is 36.4 Å². The van der Waals surface area contributed by atoms with Gasteiger partial charge in [-0.25, -0.2) is 0 Å². The molecule has 0 bridgehead atoms. The van der Waals surface area contributed by atoms with Gasteiger partial charge < -0.3 is 15.2 Å². The highest BCUT2D eigenvalue weighted by Crippen LogP contribution is 2.14. The summed E-state index contributed by atoms with van der Waals surface area (Å²) >= 11 is 0. The second-order valence-electron chi connectivity index (χ2n) is 4.01. The molecule has 4 heteroatoms. The lowest BCUT2D eigenvalue weighted by Gasteiger charge is -2.08. The molecule has 0 aromatic heterocycles. The van der Waals surface area contributed by atoms with Crippen LogP contribution in [0.5, 0.6) is 11.5 Å². The molecule has 0 atom stereocenters. The van der Waals surface area contributed by atoms with Crippen LogP contribution in [0.1, 0.15) is 5.56 Å². The van der Waals surface area contributed by atoms with Crippen LogP contribution in [0.25, 0.3) is 0 Å². The monoisotopic (exact) mass is 257 g/mol. The SMILES string of the molecule is O=C(COc1ccccc1)NCc1ccccc1O. The van der Waals surface area contributed by atoms with Gasteiger partial charge >= 0.3 is 0 Å². The van der Waals surface area contributed by atoms with E-state index in [1.807, 2.05) is 24.3 Å². The summed E-state index contributed by atoms with van der Waals surface area (Å²) in [5.41, 5.74) is 0.676. The molecule has 0 saturated carbocycles. The highest BCUT2D eigenvalue weighted by Gasteiger charge is 2.04. The van der Waals surface area contributed by atoms with Gasteiger partial charge in [0.15, 0.2) is 6.61 Å². The Balaban J connectivity index is 1.78. The number of carbonyl (C=O) groups excluding carboxylic acids is 1. The van der Waals surface area contributed by atoms with E-state index in [0.29, 0.717) is 11.3 Å². The molecule has 0 spiro atoms. The fourth-order valence-corrected chi connectivity index (χ4v) is 1.57. The summed E-state index contributed by atoms with van der Waals surface area (Å²) in [5.74, 6) is 0.596. The summed E-state index contributed by atoms with van der Waals surface area (Å²) in [6, 6.07) is 16.0. The Hall–Kier alpha value is -2.49. The topological polar surface area (TPSA) is 58.6 Å². The first-order chi connectivity index (χ1) is 9.25. The highest BCUT2D eigenvalue weighted by molar-refractivity contribution is 5.77. The molecule has 0 radical (unpaired) electrons. The van der Waals surface area contributed by atoms with E-state index >= 15 is 0 Å². The lowest BCUT2D eigenvalue weighted by Crippen LogP contribution is -2.28. The summed E-state index contributed by atoms with van der Waals surface area (Å²) in [7, 11) is 0. The normalized spacial score (nSPS) is 9.89. The number of rotatable bonds is 5. The quantitative estimate of drug-likeness (QED) is 0.862. The number of phenolic OH excluding ortho intramolecular Hbond substituents is 1. The number of aromatic hydroxyl groups is 1. The summed E-state index contributed by atoms with van der Waals surface area (Å²) in [6.45, 7) is 0.237. The Kier molecular flexibility index (Phi) is 4.39. The van der Waals surface area contributed by atoms with Gasteiger partial charge in [0.05, 0.1) is 0 Å². The van der Waals surface area contributed by atoms with Gasteiger partial charge in [0.1, 0.15) is 11.5 Å². The average Bonchev–Trinajstić information content (AvgIpc) is 2.45. The van der Waals surface area contributed by atoms with Crippen LogP contribution in [0.3, 0.4) is 0 Å². The molecular weight excluding hydrogens is 242 g/mol. The molecule has 2 N–H and O–H groups in total. The van der Waals surface area contributed by atoms with Crippen molar-refractivity contribution >= 4 is 5.91 Å². The number of phenols is 1. The first-order valence-electron chi connectivity index (χ1n) is 5.97. The lowest BCUT2D eigenvalue weighted by atomic mass is 10.2. The number of carbonyl (C=O) groups is 1. The molecule has 0 aliphatic carbocycles. The number of para-hydroxylation sites is 2. The maximum Gasteiger partial charge on any atom is 0.258 e. The third-order valence-electron chi connectivity index (χ3n) is 2.58. The summed E-state index contributed by atoms with van der Waals surface area (Å²) in [4.78, 5) is 11.6. The summed E-state index contributed by atoms with van der Waals surface area (Å²) in [5, 5.41) is 12.2. The molecule has 2 rings (SSSR count). The smallest absolute Gasteiger partial charge is 0.258 e. The number of hydrogen-bond acceptors (Lipinski definition) is 3. The Bertz CT molecular complexity index is 540. The van der Waals surface area contributed by atoms with Crippen molar-refractivity contribution in [3.8, 4) is 11.5 Å². The zero-order valence-electron chi connectivity index (χ0n) is 10.4. The summed E-state index contributed by atoms with van der Waals surface area (Å²) < 4.78 is 5.31. The molecule has 4 nitrogen and oxygen atoms in total. The molecule has 19 heavy (non-hydrogen) atoms. The molecule has 2 aromatic carbocycles. The first-order valence-corrected chi connectivity index (χ1v) is 5.97. The maximum atomic E-state index is 11.6. The Morgan fingerprint density at radius 2 is 1.74 bits per heavy atom. The Morgan fingerprint density at radius 3 is 2.47 bits per heavy atom. The molecule has 0 aliphatic rings. The largest absolute Gasteiger partial charge is 0.508 e.